The van der Waals surface area contributed by atoms with E-state index in [1.807, 2.05) is 18.7 Å². The van der Waals surface area contributed by atoms with E-state index in [4.69, 9.17) is 10.5 Å². The molecule has 0 amide bonds. The lowest BCUT2D eigenvalue weighted by Gasteiger charge is -2.35. The predicted octanol–water partition coefficient (Wildman–Crippen LogP) is 0.811. The second-order valence-electron chi connectivity index (χ2n) is 4.07. The Morgan fingerprint density at radius 1 is 1.44 bits per heavy atom. The van der Waals surface area contributed by atoms with E-state index in [0.29, 0.717) is 19.0 Å². The fraction of sp³-hybridized carbons (Fsp3) is 0.600. The Balaban J connectivity index is 2.19. The summed E-state index contributed by atoms with van der Waals surface area (Å²) < 4.78 is 18.5. The summed E-state index contributed by atoms with van der Waals surface area (Å²) in [6.07, 6.45) is 1.32. The Morgan fingerprint density at radius 2 is 2.06 bits per heavy atom. The van der Waals surface area contributed by atoms with Crippen LogP contribution in [-0.4, -0.2) is 35.3 Å². The van der Waals surface area contributed by atoms with Crippen molar-refractivity contribution in [3.8, 4) is 0 Å². The zero-order chi connectivity index (χ0) is 11.7. The van der Waals surface area contributed by atoms with Gasteiger partial charge in [-0.3, -0.25) is 0 Å². The molecule has 5 nitrogen and oxygen atoms in total. The fourth-order valence-electron chi connectivity index (χ4n) is 1.86. The lowest BCUT2D eigenvalue weighted by atomic mass is 10.2. The maximum atomic E-state index is 12.9. The molecule has 2 rings (SSSR count). The summed E-state index contributed by atoms with van der Waals surface area (Å²) in [5, 5.41) is 0. The average molecular weight is 226 g/mol. The third kappa shape index (κ3) is 2.21. The van der Waals surface area contributed by atoms with Gasteiger partial charge < -0.3 is 15.4 Å². The molecule has 0 aromatic carbocycles. The number of nitrogens with two attached hydrogens (primary N) is 1. The van der Waals surface area contributed by atoms with E-state index in [1.54, 1.807) is 0 Å². The molecule has 2 atom stereocenters. The molecule has 1 unspecified atom stereocenters. The molecule has 2 heterocycles. The molecule has 6 heteroatoms. The van der Waals surface area contributed by atoms with Gasteiger partial charge in [0.1, 0.15) is 0 Å². The van der Waals surface area contributed by atoms with Gasteiger partial charge in [-0.2, -0.15) is 4.98 Å². The van der Waals surface area contributed by atoms with Gasteiger partial charge in [-0.1, -0.05) is 0 Å². The Labute approximate surface area is 93.4 Å². The number of rotatable bonds is 1. The van der Waals surface area contributed by atoms with Crippen LogP contribution in [-0.2, 0) is 4.74 Å². The molecule has 0 radical (unpaired) electrons. The summed E-state index contributed by atoms with van der Waals surface area (Å²) in [6.45, 7) is 5.34. The molecule has 2 N–H and O–H groups in total. The molecule has 0 aliphatic carbocycles. The maximum absolute atomic E-state index is 12.9. The fourth-order valence-corrected chi connectivity index (χ4v) is 1.86. The summed E-state index contributed by atoms with van der Waals surface area (Å²) in [7, 11) is 0. The van der Waals surface area contributed by atoms with Gasteiger partial charge >= 0.3 is 0 Å². The van der Waals surface area contributed by atoms with Crippen molar-refractivity contribution < 1.29 is 9.13 Å². The molecule has 1 aliphatic heterocycles. The van der Waals surface area contributed by atoms with E-state index in [1.165, 1.54) is 0 Å². The minimum Gasteiger partial charge on any atom is -0.381 e. The Kier molecular flexibility index (Phi) is 2.91. The SMILES string of the molecule is CC1CN(c2ncc(F)c(N)n2)C[C@H](C)O1. The van der Waals surface area contributed by atoms with Gasteiger partial charge in [-0.05, 0) is 13.8 Å². The Morgan fingerprint density at radius 3 is 2.62 bits per heavy atom. The van der Waals surface area contributed by atoms with Crippen molar-refractivity contribution in [1.29, 1.82) is 0 Å². The normalized spacial score (nSPS) is 25.8. The van der Waals surface area contributed by atoms with Crippen molar-refractivity contribution in [2.45, 2.75) is 26.1 Å². The van der Waals surface area contributed by atoms with Crippen LogP contribution >= 0.6 is 0 Å². The van der Waals surface area contributed by atoms with Crippen LogP contribution in [0.25, 0.3) is 0 Å². The van der Waals surface area contributed by atoms with Crippen LogP contribution in [0.1, 0.15) is 13.8 Å². The van der Waals surface area contributed by atoms with Gasteiger partial charge in [0.15, 0.2) is 11.6 Å². The molecule has 1 aromatic rings. The van der Waals surface area contributed by atoms with Gasteiger partial charge in [0.25, 0.3) is 0 Å². The molecule has 1 fully saturated rings. The second kappa shape index (κ2) is 4.21. The molecule has 1 aromatic heterocycles. The second-order valence-corrected chi connectivity index (χ2v) is 4.07. The van der Waals surface area contributed by atoms with Crippen molar-refractivity contribution in [3.63, 3.8) is 0 Å². The average Bonchev–Trinajstić information content (AvgIpc) is 2.20. The molecule has 88 valence electrons. The Hall–Kier alpha value is -1.43. The molecule has 1 aliphatic rings. The number of anilines is 2. The summed E-state index contributed by atoms with van der Waals surface area (Å²) in [5.41, 5.74) is 5.41. The van der Waals surface area contributed by atoms with E-state index in [0.717, 1.165) is 6.20 Å². The zero-order valence-corrected chi connectivity index (χ0v) is 9.35. The highest BCUT2D eigenvalue weighted by Crippen LogP contribution is 2.17. The molecular formula is C10H15FN4O. The van der Waals surface area contributed by atoms with Crippen LogP contribution in [0.5, 0.6) is 0 Å². The highest BCUT2D eigenvalue weighted by atomic mass is 19.1. The minimum atomic E-state index is -0.585. The van der Waals surface area contributed by atoms with Gasteiger partial charge in [0.2, 0.25) is 5.95 Å². The van der Waals surface area contributed by atoms with Crippen molar-refractivity contribution in [1.82, 2.24) is 9.97 Å². The predicted molar refractivity (Wildman–Crippen MR) is 58.6 cm³/mol. The van der Waals surface area contributed by atoms with E-state index in [-0.39, 0.29) is 18.0 Å². The molecule has 0 bridgehead atoms. The van der Waals surface area contributed by atoms with E-state index in [9.17, 15) is 4.39 Å². The van der Waals surface area contributed by atoms with Crippen LogP contribution in [0.2, 0.25) is 0 Å². The Bertz CT molecular complexity index is 377. The number of aromatic nitrogens is 2. The number of nitrogens with zero attached hydrogens (tertiary/aromatic N) is 3. The summed E-state index contributed by atoms with van der Waals surface area (Å²) >= 11 is 0. The van der Waals surface area contributed by atoms with Crippen LogP contribution in [0, 0.1) is 5.82 Å². The lowest BCUT2D eigenvalue weighted by Crippen LogP contribution is -2.46. The highest BCUT2D eigenvalue weighted by molar-refractivity contribution is 5.39. The summed E-state index contributed by atoms with van der Waals surface area (Å²) in [6, 6.07) is 0. The van der Waals surface area contributed by atoms with Crippen LogP contribution in [0.4, 0.5) is 16.2 Å². The van der Waals surface area contributed by atoms with Gasteiger partial charge in [0, 0.05) is 13.1 Å². The highest BCUT2D eigenvalue weighted by Gasteiger charge is 2.24. The van der Waals surface area contributed by atoms with Gasteiger partial charge in [0.05, 0.1) is 18.4 Å². The van der Waals surface area contributed by atoms with Crippen molar-refractivity contribution in [2.75, 3.05) is 23.7 Å². The number of nitrogen functional groups attached to an aromatic ring is 1. The minimum absolute atomic E-state index is 0.110. The molecular weight excluding hydrogens is 211 g/mol. The number of hydrogen-bond donors (Lipinski definition) is 1. The topological polar surface area (TPSA) is 64.3 Å². The van der Waals surface area contributed by atoms with E-state index < -0.39 is 5.82 Å². The van der Waals surface area contributed by atoms with Crippen molar-refractivity contribution >= 4 is 11.8 Å². The van der Waals surface area contributed by atoms with Gasteiger partial charge in [-0.25, -0.2) is 9.37 Å². The number of ether oxygens (including phenoxy) is 1. The van der Waals surface area contributed by atoms with Gasteiger partial charge in [-0.15, -0.1) is 0 Å². The van der Waals surface area contributed by atoms with Crippen LogP contribution in [0.3, 0.4) is 0 Å². The smallest absolute Gasteiger partial charge is 0.227 e. The molecule has 16 heavy (non-hydrogen) atoms. The first-order valence-electron chi connectivity index (χ1n) is 5.24. The number of hydrogen-bond acceptors (Lipinski definition) is 5. The first kappa shape index (κ1) is 11.1. The monoisotopic (exact) mass is 226 g/mol. The maximum Gasteiger partial charge on any atom is 0.227 e. The van der Waals surface area contributed by atoms with E-state index in [2.05, 4.69) is 9.97 Å². The van der Waals surface area contributed by atoms with Crippen LogP contribution in [0.15, 0.2) is 6.20 Å². The summed E-state index contributed by atoms with van der Waals surface area (Å²) in [5.74, 6) is -0.240. The quantitative estimate of drug-likeness (QED) is 0.767. The number of halogens is 1. The number of morpholine rings is 1. The first-order valence-corrected chi connectivity index (χ1v) is 5.24. The first-order chi connectivity index (χ1) is 7.56. The zero-order valence-electron chi connectivity index (χ0n) is 9.35. The van der Waals surface area contributed by atoms with E-state index >= 15 is 0 Å². The lowest BCUT2D eigenvalue weighted by molar-refractivity contribution is -0.00571. The molecule has 0 saturated carbocycles. The van der Waals surface area contributed by atoms with Crippen molar-refractivity contribution in [2.24, 2.45) is 0 Å². The largest absolute Gasteiger partial charge is 0.381 e. The third-order valence-corrected chi connectivity index (χ3v) is 2.46. The summed E-state index contributed by atoms with van der Waals surface area (Å²) in [4.78, 5) is 9.82. The molecule has 1 saturated heterocycles. The van der Waals surface area contributed by atoms with Crippen LogP contribution < -0.4 is 10.6 Å². The standard InChI is InChI=1S/C10H15FN4O/c1-6-4-15(5-7(2)16-6)10-13-3-8(11)9(12)14-10/h3,6-7H,4-5H2,1-2H3,(H2,12,13,14)/t6-,7?/m0/s1. The molecule has 0 spiro atoms. The third-order valence-electron chi connectivity index (χ3n) is 2.46. The van der Waals surface area contributed by atoms with Crippen molar-refractivity contribution in [3.05, 3.63) is 12.0 Å².